The van der Waals surface area contributed by atoms with E-state index in [0.717, 1.165) is 6.42 Å². The first-order chi connectivity index (χ1) is 17.9. The van der Waals surface area contributed by atoms with Gasteiger partial charge in [0.25, 0.3) is 11.8 Å². The van der Waals surface area contributed by atoms with Gasteiger partial charge in [0.1, 0.15) is 18.5 Å². The molecule has 1 saturated heterocycles. The van der Waals surface area contributed by atoms with Crippen LogP contribution in [0.15, 0.2) is 36.4 Å². The standard InChI is InChI=1S/C27H31N3O7/c1-3-10-28-25(31)13-18-6-7-20-24(37-18)14-34-21-9-5-17(12-19(21)27(33)30(20)2)29-26(32)16-4-8-22-23(11-16)36-15-35-22/h4-5,8-9,11-12,18,20,24H,3,6-7,10,13-15H2,1-2H3,(H,28,31)(H,29,32)/t18-,20+,24-/m1/s1. The van der Waals surface area contributed by atoms with Crippen molar-refractivity contribution in [3.8, 4) is 17.2 Å². The van der Waals surface area contributed by atoms with Crippen LogP contribution in [0.5, 0.6) is 17.2 Å². The molecule has 3 aliphatic rings. The predicted octanol–water partition coefficient (Wildman–Crippen LogP) is 2.96. The van der Waals surface area contributed by atoms with Crippen molar-refractivity contribution >= 4 is 23.4 Å². The molecule has 0 bridgehead atoms. The smallest absolute Gasteiger partial charge is 0.257 e. The van der Waals surface area contributed by atoms with E-state index in [1.165, 1.54) is 0 Å². The van der Waals surface area contributed by atoms with Crippen molar-refractivity contribution in [2.24, 2.45) is 0 Å². The Morgan fingerprint density at radius 2 is 1.84 bits per heavy atom. The molecule has 10 nitrogen and oxygen atoms in total. The quantitative estimate of drug-likeness (QED) is 0.615. The van der Waals surface area contributed by atoms with Gasteiger partial charge >= 0.3 is 0 Å². The lowest BCUT2D eigenvalue weighted by molar-refractivity contribution is -0.134. The summed E-state index contributed by atoms with van der Waals surface area (Å²) in [5.74, 6) is 0.959. The average Bonchev–Trinajstić information content (AvgIpc) is 3.38. The SMILES string of the molecule is CCCNC(=O)C[C@H]1CC[C@H]2[C@@H](COc3ccc(NC(=O)c4ccc5c(c4)OCO5)cc3C(=O)N2C)O1. The highest BCUT2D eigenvalue weighted by Gasteiger charge is 2.39. The second-order valence-electron chi connectivity index (χ2n) is 9.46. The van der Waals surface area contributed by atoms with Gasteiger partial charge in [-0.05, 0) is 55.7 Å². The van der Waals surface area contributed by atoms with Crippen molar-refractivity contribution in [1.29, 1.82) is 0 Å². The molecular weight excluding hydrogens is 478 g/mol. The summed E-state index contributed by atoms with van der Waals surface area (Å²) in [7, 11) is 1.75. The number of nitrogens with zero attached hydrogens (tertiary/aromatic N) is 1. The van der Waals surface area contributed by atoms with Crippen LogP contribution in [-0.2, 0) is 9.53 Å². The van der Waals surface area contributed by atoms with E-state index in [1.807, 2.05) is 6.92 Å². The highest BCUT2D eigenvalue weighted by Crippen LogP contribution is 2.34. The van der Waals surface area contributed by atoms with Gasteiger partial charge in [-0.15, -0.1) is 0 Å². The molecule has 3 heterocycles. The second kappa shape index (κ2) is 10.7. The molecule has 5 rings (SSSR count). The van der Waals surface area contributed by atoms with E-state index in [0.29, 0.717) is 59.9 Å². The number of carbonyl (C=O) groups is 3. The van der Waals surface area contributed by atoms with Gasteiger partial charge in [-0.25, -0.2) is 0 Å². The molecule has 1 fully saturated rings. The van der Waals surface area contributed by atoms with E-state index in [2.05, 4.69) is 10.6 Å². The van der Waals surface area contributed by atoms with Gasteiger partial charge in [0.2, 0.25) is 12.7 Å². The molecule has 196 valence electrons. The summed E-state index contributed by atoms with van der Waals surface area (Å²) in [5, 5.41) is 5.73. The molecule has 0 aromatic heterocycles. The van der Waals surface area contributed by atoms with Crippen LogP contribution in [0.3, 0.4) is 0 Å². The van der Waals surface area contributed by atoms with Crippen LogP contribution in [0.25, 0.3) is 0 Å². The third-order valence-electron chi connectivity index (χ3n) is 6.89. The Bertz CT molecular complexity index is 1200. The number of carbonyl (C=O) groups excluding carboxylic acids is 3. The zero-order valence-electron chi connectivity index (χ0n) is 21.0. The Kier molecular flexibility index (Phi) is 7.18. The molecule has 0 spiro atoms. The normalized spacial score (nSPS) is 22.2. The first kappa shape index (κ1) is 24.9. The predicted molar refractivity (Wildman–Crippen MR) is 134 cm³/mol. The highest BCUT2D eigenvalue weighted by atomic mass is 16.7. The van der Waals surface area contributed by atoms with Crippen LogP contribution in [0, 0.1) is 0 Å². The zero-order valence-corrected chi connectivity index (χ0v) is 21.0. The number of rotatable bonds is 6. The van der Waals surface area contributed by atoms with E-state index in [9.17, 15) is 14.4 Å². The fourth-order valence-corrected chi connectivity index (χ4v) is 4.89. The minimum absolute atomic E-state index is 0.0258. The summed E-state index contributed by atoms with van der Waals surface area (Å²) in [6.45, 7) is 3.04. The largest absolute Gasteiger partial charge is 0.490 e. The Morgan fingerprint density at radius 3 is 2.68 bits per heavy atom. The van der Waals surface area contributed by atoms with Crippen molar-refractivity contribution in [3.05, 3.63) is 47.5 Å². The Labute approximate surface area is 215 Å². The number of anilines is 1. The maximum absolute atomic E-state index is 13.4. The molecule has 0 aliphatic carbocycles. The van der Waals surface area contributed by atoms with E-state index in [1.54, 1.807) is 48.3 Å². The molecule has 2 N–H and O–H groups in total. The molecule has 37 heavy (non-hydrogen) atoms. The highest BCUT2D eigenvalue weighted by molar-refractivity contribution is 6.06. The third-order valence-corrected chi connectivity index (χ3v) is 6.89. The van der Waals surface area contributed by atoms with E-state index in [-0.39, 0.29) is 49.4 Å². The van der Waals surface area contributed by atoms with Gasteiger partial charge in [-0.2, -0.15) is 0 Å². The van der Waals surface area contributed by atoms with Crippen LogP contribution in [0.2, 0.25) is 0 Å². The number of nitrogens with one attached hydrogen (secondary N) is 2. The number of likely N-dealkylation sites (N-methyl/N-ethyl adjacent to an activating group) is 1. The lowest BCUT2D eigenvalue weighted by atomic mass is 9.94. The molecule has 3 atom stereocenters. The third kappa shape index (κ3) is 5.34. The summed E-state index contributed by atoms with van der Waals surface area (Å²) >= 11 is 0. The average molecular weight is 510 g/mol. The fourth-order valence-electron chi connectivity index (χ4n) is 4.89. The van der Waals surface area contributed by atoms with E-state index < -0.39 is 0 Å². The molecule has 0 unspecified atom stereocenters. The van der Waals surface area contributed by atoms with Gasteiger partial charge in [0.15, 0.2) is 11.5 Å². The Morgan fingerprint density at radius 1 is 1.03 bits per heavy atom. The second-order valence-corrected chi connectivity index (χ2v) is 9.46. The maximum Gasteiger partial charge on any atom is 0.257 e. The summed E-state index contributed by atoms with van der Waals surface area (Å²) in [5.41, 5.74) is 1.25. The maximum atomic E-state index is 13.4. The van der Waals surface area contributed by atoms with Gasteiger partial charge in [-0.1, -0.05) is 6.92 Å². The van der Waals surface area contributed by atoms with Crippen LogP contribution < -0.4 is 24.8 Å². The number of amides is 3. The van der Waals surface area contributed by atoms with Gasteiger partial charge in [0.05, 0.1) is 24.1 Å². The van der Waals surface area contributed by atoms with E-state index >= 15 is 0 Å². The van der Waals surface area contributed by atoms with Crippen LogP contribution in [0.4, 0.5) is 5.69 Å². The Hall–Kier alpha value is -3.79. The first-order valence-electron chi connectivity index (χ1n) is 12.6. The number of fused-ring (bicyclic) bond motifs is 3. The molecule has 10 heteroatoms. The fraction of sp³-hybridized carbons (Fsp3) is 0.444. The molecule has 3 amide bonds. The summed E-state index contributed by atoms with van der Waals surface area (Å²) < 4.78 is 22.9. The van der Waals surface area contributed by atoms with Gasteiger partial charge in [0, 0.05) is 24.8 Å². The molecular formula is C27H31N3O7. The minimum Gasteiger partial charge on any atom is -0.490 e. The minimum atomic E-state index is -0.342. The van der Waals surface area contributed by atoms with Crippen LogP contribution in [0.1, 0.15) is 53.3 Å². The topological polar surface area (TPSA) is 115 Å². The number of benzene rings is 2. The summed E-state index contributed by atoms with van der Waals surface area (Å²) in [6.07, 6.45) is 2.01. The van der Waals surface area contributed by atoms with Crippen LogP contribution >= 0.6 is 0 Å². The molecule has 2 aromatic rings. The summed E-state index contributed by atoms with van der Waals surface area (Å²) in [4.78, 5) is 40.1. The zero-order chi connectivity index (χ0) is 25.9. The number of hydrogen-bond donors (Lipinski definition) is 2. The Balaban J connectivity index is 1.28. The van der Waals surface area contributed by atoms with Crippen LogP contribution in [-0.4, -0.2) is 67.9 Å². The van der Waals surface area contributed by atoms with Gasteiger partial charge < -0.3 is 34.5 Å². The molecule has 3 aliphatic heterocycles. The lowest BCUT2D eigenvalue weighted by Gasteiger charge is -2.42. The van der Waals surface area contributed by atoms with E-state index in [4.69, 9.17) is 18.9 Å². The molecule has 2 aromatic carbocycles. The van der Waals surface area contributed by atoms with Crippen molar-refractivity contribution in [2.75, 3.05) is 32.3 Å². The number of hydrogen-bond acceptors (Lipinski definition) is 7. The van der Waals surface area contributed by atoms with Crippen molar-refractivity contribution in [2.45, 2.75) is 50.9 Å². The summed E-state index contributed by atoms with van der Waals surface area (Å²) in [6, 6.07) is 9.79. The van der Waals surface area contributed by atoms with Crippen molar-refractivity contribution in [3.63, 3.8) is 0 Å². The first-order valence-corrected chi connectivity index (χ1v) is 12.6. The van der Waals surface area contributed by atoms with Crippen molar-refractivity contribution in [1.82, 2.24) is 10.2 Å². The lowest BCUT2D eigenvalue weighted by Crippen LogP contribution is -2.54. The number of ether oxygens (including phenoxy) is 4. The monoisotopic (exact) mass is 509 g/mol. The molecule has 0 radical (unpaired) electrons. The van der Waals surface area contributed by atoms with Gasteiger partial charge in [-0.3, -0.25) is 14.4 Å². The molecule has 0 saturated carbocycles. The van der Waals surface area contributed by atoms with Crippen molar-refractivity contribution < 1.29 is 33.3 Å².